The summed E-state index contributed by atoms with van der Waals surface area (Å²) in [6.07, 6.45) is 1.59. The number of amides is 2. The maximum Gasteiger partial charge on any atom is 0.338 e. The van der Waals surface area contributed by atoms with Crippen LogP contribution in [0.1, 0.15) is 34.3 Å². The molecular weight excluding hydrogens is 264 g/mol. The molecule has 1 fully saturated rings. The molecule has 0 aliphatic carbocycles. The van der Waals surface area contributed by atoms with Crippen molar-refractivity contribution in [1.82, 2.24) is 10.2 Å². The van der Waals surface area contributed by atoms with Gasteiger partial charge in [-0.25, -0.2) is 4.79 Å². The van der Waals surface area contributed by atoms with Gasteiger partial charge in [0.15, 0.2) is 5.76 Å². The van der Waals surface area contributed by atoms with Crippen LogP contribution in [-0.4, -0.2) is 47.9 Å². The molecule has 2 heterocycles. The summed E-state index contributed by atoms with van der Waals surface area (Å²) in [6, 6.07) is 1.19. The molecule has 1 unspecified atom stereocenters. The van der Waals surface area contributed by atoms with Gasteiger partial charge < -0.3 is 19.7 Å². The van der Waals surface area contributed by atoms with Gasteiger partial charge in [-0.15, -0.1) is 0 Å². The van der Waals surface area contributed by atoms with Crippen LogP contribution in [0, 0.1) is 5.41 Å². The number of nitrogens with zero attached hydrogens (tertiary/aromatic N) is 1. The number of carbonyl (C=O) groups excluding carboxylic acids is 2. The fraction of sp³-hybridized carbons (Fsp3) is 0.462. The van der Waals surface area contributed by atoms with E-state index in [1.807, 2.05) is 0 Å². The molecule has 20 heavy (non-hydrogen) atoms. The van der Waals surface area contributed by atoms with Crippen molar-refractivity contribution in [2.45, 2.75) is 13.3 Å². The number of hydrogen-bond acceptors (Lipinski definition) is 4. The lowest BCUT2D eigenvalue weighted by molar-refractivity contribution is -0.128. The van der Waals surface area contributed by atoms with Crippen molar-refractivity contribution in [2.75, 3.05) is 20.1 Å². The Morgan fingerprint density at radius 1 is 1.45 bits per heavy atom. The molecule has 2 N–H and O–H groups in total. The molecule has 2 rings (SSSR count). The zero-order chi connectivity index (χ0) is 14.9. The zero-order valence-electron chi connectivity index (χ0n) is 11.3. The minimum Gasteiger partial charge on any atom is -0.478 e. The van der Waals surface area contributed by atoms with Crippen molar-refractivity contribution in [2.24, 2.45) is 5.41 Å². The molecule has 1 aliphatic rings. The van der Waals surface area contributed by atoms with Gasteiger partial charge in [0.1, 0.15) is 6.26 Å². The van der Waals surface area contributed by atoms with E-state index >= 15 is 0 Å². The zero-order valence-corrected chi connectivity index (χ0v) is 11.3. The molecule has 1 saturated heterocycles. The predicted molar refractivity (Wildman–Crippen MR) is 68.4 cm³/mol. The highest BCUT2D eigenvalue weighted by atomic mass is 16.4. The Bertz CT molecular complexity index is 565. The van der Waals surface area contributed by atoms with Crippen molar-refractivity contribution in [3.8, 4) is 0 Å². The third-order valence-electron chi connectivity index (χ3n) is 3.59. The molecule has 0 bridgehead atoms. The second kappa shape index (κ2) is 4.99. The van der Waals surface area contributed by atoms with Crippen molar-refractivity contribution in [1.29, 1.82) is 0 Å². The Morgan fingerprint density at radius 3 is 2.70 bits per heavy atom. The molecule has 7 nitrogen and oxygen atoms in total. The Hall–Kier alpha value is -2.31. The molecule has 108 valence electrons. The molecular formula is C13H16N2O5. The molecule has 1 aromatic rings. The Kier molecular flexibility index (Phi) is 3.52. The Balaban J connectivity index is 2.11. The predicted octanol–water partition coefficient (Wildman–Crippen LogP) is 0.576. The lowest BCUT2D eigenvalue weighted by Crippen LogP contribution is -2.40. The van der Waals surface area contributed by atoms with Crippen LogP contribution in [0.2, 0.25) is 0 Å². The van der Waals surface area contributed by atoms with Gasteiger partial charge in [0, 0.05) is 26.2 Å². The fourth-order valence-corrected chi connectivity index (χ4v) is 2.34. The van der Waals surface area contributed by atoms with Gasteiger partial charge in [-0.2, -0.15) is 0 Å². The van der Waals surface area contributed by atoms with E-state index in [9.17, 15) is 14.4 Å². The van der Waals surface area contributed by atoms with E-state index in [4.69, 9.17) is 9.52 Å². The number of carbonyl (C=O) groups is 3. The minimum atomic E-state index is -1.15. The van der Waals surface area contributed by atoms with E-state index in [1.165, 1.54) is 11.0 Å². The molecule has 2 amide bonds. The van der Waals surface area contributed by atoms with E-state index in [2.05, 4.69) is 5.32 Å². The highest BCUT2D eigenvalue weighted by Crippen LogP contribution is 2.31. The first-order valence-electron chi connectivity index (χ1n) is 6.21. The van der Waals surface area contributed by atoms with Crippen LogP contribution in [0.5, 0.6) is 0 Å². The number of rotatable bonds is 3. The first-order valence-corrected chi connectivity index (χ1v) is 6.21. The molecule has 7 heteroatoms. The van der Waals surface area contributed by atoms with Crippen LogP contribution in [0.4, 0.5) is 0 Å². The van der Waals surface area contributed by atoms with Crippen molar-refractivity contribution >= 4 is 17.8 Å². The third kappa shape index (κ3) is 2.38. The van der Waals surface area contributed by atoms with Crippen molar-refractivity contribution in [3.05, 3.63) is 23.7 Å². The lowest BCUT2D eigenvalue weighted by Gasteiger charge is -2.22. The molecule has 0 aromatic carbocycles. The van der Waals surface area contributed by atoms with Crippen LogP contribution >= 0.6 is 0 Å². The van der Waals surface area contributed by atoms with Crippen LogP contribution in [0.3, 0.4) is 0 Å². The molecule has 0 radical (unpaired) electrons. The summed E-state index contributed by atoms with van der Waals surface area (Å²) in [5.41, 5.74) is -0.686. The summed E-state index contributed by atoms with van der Waals surface area (Å²) in [6.45, 7) is 2.52. The van der Waals surface area contributed by atoms with Gasteiger partial charge in [-0.1, -0.05) is 0 Å². The number of hydrogen-bond donors (Lipinski definition) is 2. The number of carboxylic acid groups (broad SMARTS) is 1. The number of nitrogens with one attached hydrogen (secondary N) is 1. The SMILES string of the molecule is CNC(=O)C1(C)CCN(C(=O)c2cc(C(=O)O)co2)C1. The molecule has 1 atom stereocenters. The lowest BCUT2D eigenvalue weighted by atomic mass is 9.89. The Morgan fingerprint density at radius 2 is 2.15 bits per heavy atom. The Labute approximate surface area is 115 Å². The smallest absolute Gasteiger partial charge is 0.338 e. The topological polar surface area (TPSA) is 99.9 Å². The maximum atomic E-state index is 12.2. The third-order valence-corrected chi connectivity index (χ3v) is 3.59. The molecule has 0 spiro atoms. The van der Waals surface area contributed by atoms with Gasteiger partial charge in [0.05, 0.1) is 11.0 Å². The van der Waals surface area contributed by atoms with Gasteiger partial charge in [-0.3, -0.25) is 9.59 Å². The summed E-state index contributed by atoms with van der Waals surface area (Å²) >= 11 is 0. The number of likely N-dealkylation sites (tertiary alicyclic amines) is 1. The monoisotopic (exact) mass is 280 g/mol. The first kappa shape index (κ1) is 14.1. The first-order chi connectivity index (χ1) is 9.37. The van der Waals surface area contributed by atoms with Gasteiger partial charge in [0.25, 0.3) is 5.91 Å². The fourth-order valence-electron chi connectivity index (χ4n) is 2.34. The van der Waals surface area contributed by atoms with Crippen LogP contribution < -0.4 is 5.32 Å². The summed E-state index contributed by atoms with van der Waals surface area (Å²) in [5.74, 6) is -1.68. The highest BCUT2D eigenvalue weighted by molar-refractivity contribution is 5.96. The normalized spacial score (nSPS) is 21.8. The van der Waals surface area contributed by atoms with E-state index < -0.39 is 17.3 Å². The average molecular weight is 280 g/mol. The van der Waals surface area contributed by atoms with Crippen LogP contribution in [0.15, 0.2) is 16.7 Å². The molecule has 1 aromatic heterocycles. The summed E-state index contributed by atoms with van der Waals surface area (Å²) in [7, 11) is 1.56. The second-order valence-corrected chi connectivity index (χ2v) is 5.12. The van der Waals surface area contributed by atoms with Crippen molar-refractivity contribution < 1.29 is 23.9 Å². The van der Waals surface area contributed by atoms with E-state index in [0.29, 0.717) is 13.0 Å². The van der Waals surface area contributed by atoms with Crippen molar-refractivity contribution in [3.63, 3.8) is 0 Å². The molecule has 1 aliphatic heterocycles. The van der Waals surface area contributed by atoms with Gasteiger partial charge >= 0.3 is 5.97 Å². The van der Waals surface area contributed by atoms with E-state index in [-0.39, 0.29) is 23.8 Å². The number of furan rings is 1. The quantitative estimate of drug-likeness (QED) is 0.843. The van der Waals surface area contributed by atoms with Crippen LogP contribution in [-0.2, 0) is 4.79 Å². The standard InChI is InChI=1S/C13H16N2O5/c1-13(12(19)14-2)3-4-15(7-13)10(16)9-5-8(6-20-9)11(17)18/h5-6H,3-4,7H2,1-2H3,(H,14,19)(H,17,18). The second-order valence-electron chi connectivity index (χ2n) is 5.12. The van der Waals surface area contributed by atoms with Gasteiger partial charge in [0.2, 0.25) is 5.91 Å². The van der Waals surface area contributed by atoms with E-state index in [1.54, 1.807) is 14.0 Å². The largest absolute Gasteiger partial charge is 0.478 e. The average Bonchev–Trinajstić information content (AvgIpc) is 3.04. The summed E-state index contributed by atoms with van der Waals surface area (Å²) in [4.78, 5) is 36.2. The van der Waals surface area contributed by atoms with Crippen LogP contribution in [0.25, 0.3) is 0 Å². The summed E-state index contributed by atoms with van der Waals surface area (Å²) < 4.78 is 4.98. The van der Waals surface area contributed by atoms with E-state index in [0.717, 1.165) is 6.26 Å². The maximum absolute atomic E-state index is 12.2. The number of aromatic carboxylic acids is 1. The highest BCUT2D eigenvalue weighted by Gasteiger charge is 2.42. The van der Waals surface area contributed by atoms with Gasteiger partial charge in [-0.05, 0) is 13.3 Å². The minimum absolute atomic E-state index is 0.0245. The summed E-state index contributed by atoms with van der Waals surface area (Å²) in [5, 5.41) is 11.4. The number of carboxylic acids is 1. The molecule has 0 saturated carbocycles.